The summed E-state index contributed by atoms with van der Waals surface area (Å²) in [7, 11) is 1.60. The first-order valence-corrected chi connectivity index (χ1v) is 6.59. The smallest absolute Gasteiger partial charge is 0.129 e. The Labute approximate surface area is 122 Å². The SMILES string of the molecule is COc1ccc(C(Cc2ccc(F)cc2F)NN)c(C)c1. The van der Waals surface area contributed by atoms with Crippen molar-refractivity contribution in [2.45, 2.75) is 19.4 Å². The van der Waals surface area contributed by atoms with Crippen molar-refractivity contribution in [1.29, 1.82) is 0 Å². The molecule has 2 aromatic rings. The average Bonchev–Trinajstić information content (AvgIpc) is 2.47. The molecule has 1 unspecified atom stereocenters. The van der Waals surface area contributed by atoms with Gasteiger partial charge in [-0.1, -0.05) is 12.1 Å². The van der Waals surface area contributed by atoms with Crippen LogP contribution in [-0.4, -0.2) is 7.11 Å². The molecule has 0 aliphatic rings. The van der Waals surface area contributed by atoms with Gasteiger partial charge in [-0.3, -0.25) is 11.3 Å². The van der Waals surface area contributed by atoms with E-state index in [-0.39, 0.29) is 6.04 Å². The summed E-state index contributed by atoms with van der Waals surface area (Å²) in [5, 5.41) is 0. The number of hydrogen-bond acceptors (Lipinski definition) is 3. The lowest BCUT2D eigenvalue weighted by Gasteiger charge is -2.19. The molecular formula is C16H18F2N2O. The highest BCUT2D eigenvalue weighted by Gasteiger charge is 2.16. The molecule has 0 amide bonds. The van der Waals surface area contributed by atoms with Gasteiger partial charge in [0.05, 0.1) is 13.2 Å². The zero-order valence-corrected chi connectivity index (χ0v) is 12.0. The van der Waals surface area contributed by atoms with Gasteiger partial charge in [0.2, 0.25) is 0 Å². The molecule has 3 nitrogen and oxygen atoms in total. The minimum absolute atomic E-state index is 0.268. The van der Waals surface area contributed by atoms with E-state index in [0.717, 1.165) is 22.9 Å². The molecule has 0 heterocycles. The van der Waals surface area contributed by atoms with E-state index in [1.165, 1.54) is 12.1 Å². The van der Waals surface area contributed by atoms with Gasteiger partial charge in [-0.15, -0.1) is 0 Å². The third-order valence-corrected chi connectivity index (χ3v) is 3.49. The predicted molar refractivity (Wildman–Crippen MR) is 77.9 cm³/mol. The highest BCUT2D eigenvalue weighted by atomic mass is 19.1. The Bertz CT molecular complexity index is 632. The van der Waals surface area contributed by atoms with Gasteiger partial charge in [-0.2, -0.15) is 0 Å². The molecule has 0 radical (unpaired) electrons. The molecule has 0 aromatic heterocycles. The number of hydrogen-bond donors (Lipinski definition) is 2. The number of rotatable bonds is 5. The monoisotopic (exact) mass is 292 g/mol. The van der Waals surface area contributed by atoms with Crippen LogP contribution in [0.4, 0.5) is 8.78 Å². The molecule has 2 rings (SSSR count). The van der Waals surface area contributed by atoms with Crippen molar-refractivity contribution in [2.24, 2.45) is 5.84 Å². The lowest BCUT2D eigenvalue weighted by molar-refractivity contribution is 0.413. The first-order valence-electron chi connectivity index (χ1n) is 6.59. The molecule has 0 saturated heterocycles. The Morgan fingerprint density at radius 2 is 1.95 bits per heavy atom. The van der Waals surface area contributed by atoms with Crippen molar-refractivity contribution in [3.63, 3.8) is 0 Å². The minimum atomic E-state index is -0.589. The van der Waals surface area contributed by atoms with E-state index < -0.39 is 11.6 Å². The van der Waals surface area contributed by atoms with Crippen molar-refractivity contribution >= 4 is 0 Å². The van der Waals surface area contributed by atoms with Crippen molar-refractivity contribution in [2.75, 3.05) is 7.11 Å². The van der Waals surface area contributed by atoms with Crippen molar-refractivity contribution in [3.8, 4) is 5.75 Å². The van der Waals surface area contributed by atoms with Crippen LogP contribution in [0, 0.1) is 18.6 Å². The number of hydrazine groups is 1. The van der Waals surface area contributed by atoms with Gasteiger partial charge in [0.25, 0.3) is 0 Å². The molecule has 0 fully saturated rings. The van der Waals surface area contributed by atoms with Crippen LogP contribution in [0.5, 0.6) is 5.75 Å². The van der Waals surface area contributed by atoms with Crippen LogP contribution in [-0.2, 0) is 6.42 Å². The standard InChI is InChI=1S/C16H18F2N2O/c1-10-7-13(21-2)5-6-14(10)16(20-19)8-11-3-4-12(17)9-15(11)18/h3-7,9,16,20H,8,19H2,1-2H3. The Morgan fingerprint density at radius 1 is 1.19 bits per heavy atom. The molecule has 112 valence electrons. The van der Waals surface area contributed by atoms with Crippen LogP contribution >= 0.6 is 0 Å². The molecule has 0 bridgehead atoms. The van der Waals surface area contributed by atoms with E-state index in [0.29, 0.717) is 12.0 Å². The van der Waals surface area contributed by atoms with E-state index in [9.17, 15) is 8.78 Å². The van der Waals surface area contributed by atoms with Crippen LogP contribution in [0.15, 0.2) is 36.4 Å². The van der Waals surface area contributed by atoms with Gasteiger partial charge in [-0.05, 0) is 48.2 Å². The zero-order chi connectivity index (χ0) is 15.4. The molecule has 0 aliphatic heterocycles. The van der Waals surface area contributed by atoms with Crippen molar-refractivity contribution in [1.82, 2.24) is 5.43 Å². The summed E-state index contributed by atoms with van der Waals surface area (Å²) in [5.41, 5.74) is 5.03. The fraction of sp³-hybridized carbons (Fsp3) is 0.250. The Hall–Kier alpha value is -1.98. The molecule has 0 aliphatic carbocycles. The van der Waals surface area contributed by atoms with Crippen LogP contribution in [0.3, 0.4) is 0 Å². The average molecular weight is 292 g/mol. The first kappa shape index (κ1) is 15.4. The highest BCUT2D eigenvalue weighted by Crippen LogP contribution is 2.25. The van der Waals surface area contributed by atoms with E-state index in [1.54, 1.807) is 7.11 Å². The number of aryl methyl sites for hydroxylation is 1. The van der Waals surface area contributed by atoms with E-state index >= 15 is 0 Å². The Balaban J connectivity index is 2.27. The highest BCUT2D eigenvalue weighted by molar-refractivity contribution is 5.37. The Morgan fingerprint density at radius 3 is 2.52 bits per heavy atom. The number of halogens is 2. The molecular weight excluding hydrogens is 274 g/mol. The summed E-state index contributed by atoms with van der Waals surface area (Å²) in [6.07, 6.45) is 0.329. The van der Waals surface area contributed by atoms with Gasteiger partial charge < -0.3 is 4.74 Å². The van der Waals surface area contributed by atoms with Crippen molar-refractivity contribution < 1.29 is 13.5 Å². The largest absolute Gasteiger partial charge is 0.497 e. The number of methoxy groups -OCH3 is 1. The minimum Gasteiger partial charge on any atom is -0.497 e. The normalized spacial score (nSPS) is 12.2. The number of nitrogens with one attached hydrogen (secondary N) is 1. The van der Waals surface area contributed by atoms with Crippen LogP contribution in [0.2, 0.25) is 0 Å². The molecule has 0 saturated carbocycles. The van der Waals surface area contributed by atoms with Crippen LogP contribution < -0.4 is 16.0 Å². The summed E-state index contributed by atoms with van der Waals surface area (Å²) in [6, 6.07) is 8.90. The molecule has 21 heavy (non-hydrogen) atoms. The maximum atomic E-state index is 13.8. The number of ether oxygens (including phenoxy) is 1. The number of nitrogens with two attached hydrogens (primary N) is 1. The number of benzene rings is 2. The third kappa shape index (κ3) is 3.56. The lowest BCUT2D eigenvalue weighted by Crippen LogP contribution is -2.30. The van der Waals surface area contributed by atoms with E-state index in [4.69, 9.17) is 10.6 Å². The fourth-order valence-electron chi connectivity index (χ4n) is 2.33. The lowest BCUT2D eigenvalue weighted by atomic mass is 9.95. The zero-order valence-electron chi connectivity index (χ0n) is 12.0. The van der Waals surface area contributed by atoms with Crippen LogP contribution in [0.1, 0.15) is 22.7 Å². The maximum absolute atomic E-state index is 13.8. The van der Waals surface area contributed by atoms with Gasteiger partial charge in [0.1, 0.15) is 17.4 Å². The summed E-state index contributed by atoms with van der Waals surface area (Å²) < 4.78 is 31.9. The van der Waals surface area contributed by atoms with Gasteiger partial charge in [0, 0.05) is 6.07 Å². The molecule has 5 heteroatoms. The fourth-order valence-corrected chi connectivity index (χ4v) is 2.33. The molecule has 2 aromatic carbocycles. The second-order valence-electron chi connectivity index (χ2n) is 4.88. The molecule has 0 spiro atoms. The maximum Gasteiger partial charge on any atom is 0.129 e. The van der Waals surface area contributed by atoms with Gasteiger partial charge >= 0.3 is 0 Å². The van der Waals surface area contributed by atoms with E-state index in [2.05, 4.69) is 5.43 Å². The first-order chi connectivity index (χ1) is 10.0. The summed E-state index contributed by atoms with van der Waals surface area (Å²) in [4.78, 5) is 0. The Kier molecular flexibility index (Phi) is 4.88. The summed E-state index contributed by atoms with van der Waals surface area (Å²) >= 11 is 0. The van der Waals surface area contributed by atoms with Gasteiger partial charge in [0.15, 0.2) is 0 Å². The van der Waals surface area contributed by atoms with E-state index in [1.807, 2.05) is 25.1 Å². The predicted octanol–water partition coefficient (Wildman–Crippen LogP) is 3.03. The van der Waals surface area contributed by atoms with Crippen molar-refractivity contribution in [3.05, 3.63) is 64.7 Å². The molecule has 3 N–H and O–H groups in total. The second-order valence-corrected chi connectivity index (χ2v) is 4.88. The third-order valence-electron chi connectivity index (χ3n) is 3.49. The topological polar surface area (TPSA) is 47.3 Å². The van der Waals surface area contributed by atoms with Gasteiger partial charge in [-0.25, -0.2) is 8.78 Å². The van der Waals surface area contributed by atoms with Crippen LogP contribution in [0.25, 0.3) is 0 Å². The second kappa shape index (κ2) is 6.65. The summed E-state index contributed by atoms with van der Waals surface area (Å²) in [6.45, 7) is 1.93. The quantitative estimate of drug-likeness (QED) is 0.658. The molecule has 1 atom stereocenters. The summed E-state index contributed by atoms with van der Waals surface area (Å²) in [5.74, 6) is 5.19.